The summed E-state index contributed by atoms with van der Waals surface area (Å²) in [7, 11) is 3.77. The van der Waals surface area contributed by atoms with Gasteiger partial charge in [0.1, 0.15) is 11.6 Å². The molecule has 1 amide bonds. The average Bonchev–Trinajstić information content (AvgIpc) is 2.23. The van der Waals surface area contributed by atoms with Gasteiger partial charge in [0.25, 0.3) is 0 Å². The quantitative estimate of drug-likeness (QED) is 0.841. The third-order valence-corrected chi connectivity index (χ3v) is 2.24. The summed E-state index contributed by atoms with van der Waals surface area (Å²) < 4.78 is 26.1. The minimum absolute atomic E-state index is 0.0763. The molecule has 0 radical (unpaired) electrons. The molecule has 1 N–H and O–H groups in total. The van der Waals surface area contributed by atoms with Crippen molar-refractivity contribution in [1.29, 1.82) is 0 Å². The van der Waals surface area contributed by atoms with E-state index in [-0.39, 0.29) is 17.9 Å². The van der Waals surface area contributed by atoms with Gasteiger partial charge in [-0.1, -0.05) is 0 Å². The molecule has 5 heteroatoms. The molecule has 0 atom stereocenters. The molecule has 1 rings (SSSR count). The normalized spacial score (nSPS) is 10.6. The number of carbonyl (C=O) groups is 1. The lowest BCUT2D eigenvalue weighted by molar-refractivity contribution is -0.120. The monoisotopic (exact) mass is 242 g/mol. The first-order chi connectivity index (χ1) is 7.99. The molecule has 0 spiro atoms. The van der Waals surface area contributed by atoms with Crippen LogP contribution >= 0.6 is 0 Å². The number of hydrogen-bond donors (Lipinski definition) is 1. The van der Waals surface area contributed by atoms with Crippen molar-refractivity contribution >= 4 is 5.91 Å². The van der Waals surface area contributed by atoms with Crippen LogP contribution in [0.5, 0.6) is 0 Å². The smallest absolute Gasteiger partial charge is 0.224 e. The van der Waals surface area contributed by atoms with Crippen molar-refractivity contribution in [3.63, 3.8) is 0 Å². The van der Waals surface area contributed by atoms with Crippen LogP contribution in [-0.4, -0.2) is 38.0 Å². The molecule has 94 valence electrons. The Balaban J connectivity index is 2.47. The lowest BCUT2D eigenvalue weighted by atomic mass is 10.1. The number of benzene rings is 1. The zero-order valence-corrected chi connectivity index (χ0v) is 9.96. The van der Waals surface area contributed by atoms with E-state index >= 15 is 0 Å². The number of nitrogens with one attached hydrogen (secondary N) is 1. The first-order valence-corrected chi connectivity index (χ1v) is 5.34. The molecule has 0 aromatic heterocycles. The fraction of sp³-hybridized carbons (Fsp3) is 0.417. The van der Waals surface area contributed by atoms with Crippen molar-refractivity contribution in [2.24, 2.45) is 0 Å². The summed E-state index contributed by atoms with van der Waals surface area (Å²) in [4.78, 5) is 13.4. The molecule has 0 saturated heterocycles. The first kappa shape index (κ1) is 13.6. The standard InChI is InChI=1S/C12H16F2N2O/c1-16(2)6-5-15-12(17)8-9-7-10(13)3-4-11(9)14/h3-4,7H,5-6,8H2,1-2H3,(H,15,17). The highest BCUT2D eigenvalue weighted by Crippen LogP contribution is 2.10. The third-order valence-electron chi connectivity index (χ3n) is 2.24. The van der Waals surface area contributed by atoms with Gasteiger partial charge in [-0.2, -0.15) is 0 Å². The van der Waals surface area contributed by atoms with Crippen LogP contribution in [0, 0.1) is 11.6 Å². The van der Waals surface area contributed by atoms with Crippen LogP contribution in [0.4, 0.5) is 8.78 Å². The average molecular weight is 242 g/mol. The number of likely N-dealkylation sites (N-methyl/N-ethyl adjacent to an activating group) is 1. The fourth-order valence-electron chi connectivity index (χ4n) is 1.33. The van der Waals surface area contributed by atoms with Crippen LogP contribution in [0.3, 0.4) is 0 Å². The van der Waals surface area contributed by atoms with E-state index < -0.39 is 11.6 Å². The largest absolute Gasteiger partial charge is 0.355 e. The number of nitrogens with zero attached hydrogens (tertiary/aromatic N) is 1. The highest BCUT2D eigenvalue weighted by atomic mass is 19.1. The summed E-state index contributed by atoms with van der Waals surface area (Å²) in [6.45, 7) is 1.19. The van der Waals surface area contributed by atoms with Crippen molar-refractivity contribution < 1.29 is 13.6 Å². The predicted octanol–water partition coefficient (Wildman–Crippen LogP) is 1.19. The van der Waals surface area contributed by atoms with Gasteiger partial charge < -0.3 is 10.2 Å². The highest BCUT2D eigenvalue weighted by Gasteiger charge is 2.08. The van der Waals surface area contributed by atoms with Gasteiger partial charge in [-0.05, 0) is 32.3 Å². The van der Waals surface area contributed by atoms with Crippen LogP contribution in [0.1, 0.15) is 5.56 Å². The Morgan fingerprint density at radius 3 is 2.71 bits per heavy atom. The van der Waals surface area contributed by atoms with Gasteiger partial charge in [0.05, 0.1) is 6.42 Å². The van der Waals surface area contributed by atoms with Gasteiger partial charge in [0.15, 0.2) is 0 Å². The second-order valence-electron chi connectivity index (χ2n) is 4.07. The molecule has 3 nitrogen and oxygen atoms in total. The van der Waals surface area contributed by atoms with Crippen LogP contribution in [0.25, 0.3) is 0 Å². The molecule has 0 aliphatic rings. The topological polar surface area (TPSA) is 32.3 Å². The third kappa shape index (κ3) is 4.91. The van der Waals surface area contributed by atoms with E-state index in [9.17, 15) is 13.6 Å². The summed E-state index contributed by atoms with van der Waals surface area (Å²) in [6, 6.07) is 3.10. The molecule has 1 aromatic rings. The maximum Gasteiger partial charge on any atom is 0.224 e. The maximum absolute atomic E-state index is 13.2. The molecule has 0 saturated carbocycles. The molecule has 0 bridgehead atoms. The number of carbonyl (C=O) groups excluding carboxylic acids is 1. The van der Waals surface area contributed by atoms with E-state index in [1.165, 1.54) is 0 Å². The van der Waals surface area contributed by atoms with Crippen LogP contribution in [-0.2, 0) is 11.2 Å². The lowest BCUT2D eigenvalue weighted by Gasteiger charge is -2.10. The van der Waals surface area contributed by atoms with Gasteiger partial charge in [-0.25, -0.2) is 8.78 Å². The summed E-state index contributed by atoms with van der Waals surface area (Å²) in [5.74, 6) is -1.41. The van der Waals surface area contributed by atoms with E-state index in [1.54, 1.807) is 0 Å². The minimum Gasteiger partial charge on any atom is -0.355 e. The number of rotatable bonds is 5. The molecule has 0 heterocycles. The number of amides is 1. The molecular formula is C12H16F2N2O. The Labute approximate surface area is 99.4 Å². The second-order valence-corrected chi connectivity index (χ2v) is 4.07. The van der Waals surface area contributed by atoms with Crippen LogP contribution in [0.2, 0.25) is 0 Å². The Hall–Kier alpha value is -1.49. The van der Waals surface area contributed by atoms with E-state index in [0.717, 1.165) is 18.2 Å². The van der Waals surface area contributed by atoms with E-state index in [2.05, 4.69) is 5.32 Å². The van der Waals surface area contributed by atoms with Crippen molar-refractivity contribution in [3.05, 3.63) is 35.4 Å². The molecule has 0 unspecified atom stereocenters. The van der Waals surface area contributed by atoms with Gasteiger partial charge >= 0.3 is 0 Å². The molecular weight excluding hydrogens is 226 g/mol. The summed E-state index contributed by atoms with van der Waals surface area (Å²) in [5, 5.41) is 2.64. The Morgan fingerprint density at radius 1 is 1.35 bits per heavy atom. The zero-order chi connectivity index (χ0) is 12.8. The Bertz CT molecular complexity index is 394. The SMILES string of the molecule is CN(C)CCNC(=O)Cc1cc(F)ccc1F. The van der Waals surface area contributed by atoms with E-state index in [0.29, 0.717) is 13.1 Å². The van der Waals surface area contributed by atoms with Crippen LogP contribution < -0.4 is 5.32 Å². The van der Waals surface area contributed by atoms with Crippen LogP contribution in [0.15, 0.2) is 18.2 Å². The van der Waals surface area contributed by atoms with Crippen molar-refractivity contribution in [2.45, 2.75) is 6.42 Å². The van der Waals surface area contributed by atoms with Gasteiger partial charge in [-0.15, -0.1) is 0 Å². The van der Waals surface area contributed by atoms with Crippen molar-refractivity contribution in [2.75, 3.05) is 27.2 Å². The second kappa shape index (κ2) is 6.30. The Morgan fingerprint density at radius 2 is 2.06 bits per heavy atom. The van der Waals surface area contributed by atoms with E-state index in [4.69, 9.17) is 0 Å². The van der Waals surface area contributed by atoms with Gasteiger partial charge in [0, 0.05) is 18.7 Å². The molecule has 1 aromatic carbocycles. The maximum atomic E-state index is 13.2. The minimum atomic E-state index is -0.561. The molecule has 0 aliphatic heterocycles. The molecule has 0 fully saturated rings. The van der Waals surface area contributed by atoms with Gasteiger partial charge in [-0.3, -0.25) is 4.79 Å². The number of halogens is 2. The zero-order valence-electron chi connectivity index (χ0n) is 9.96. The Kier molecular flexibility index (Phi) is 5.03. The van der Waals surface area contributed by atoms with Crippen molar-refractivity contribution in [1.82, 2.24) is 10.2 Å². The first-order valence-electron chi connectivity index (χ1n) is 5.34. The van der Waals surface area contributed by atoms with E-state index in [1.807, 2.05) is 19.0 Å². The lowest BCUT2D eigenvalue weighted by Crippen LogP contribution is -2.32. The predicted molar refractivity (Wildman–Crippen MR) is 61.6 cm³/mol. The highest BCUT2D eigenvalue weighted by molar-refractivity contribution is 5.78. The fourth-order valence-corrected chi connectivity index (χ4v) is 1.33. The van der Waals surface area contributed by atoms with Crippen molar-refractivity contribution in [3.8, 4) is 0 Å². The summed E-state index contributed by atoms with van der Waals surface area (Å²) >= 11 is 0. The molecule has 17 heavy (non-hydrogen) atoms. The summed E-state index contributed by atoms with van der Waals surface area (Å²) in [5.41, 5.74) is 0.0763. The number of hydrogen-bond acceptors (Lipinski definition) is 2. The van der Waals surface area contributed by atoms with Gasteiger partial charge in [0.2, 0.25) is 5.91 Å². The summed E-state index contributed by atoms with van der Waals surface area (Å²) in [6.07, 6.45) is -0.142. The molecule has 0 aliphatic carbocycles.